The van der Waals surface area contributed by atoms with Gasteiger partial charge in [-0.05, 0) is 73.8 Å². The lowest BCUT2D eigenvalue weighted by molar-refractivity contribution is 0.664. The van der Waals surface area contributed by atoms with Gasteiger partial charge in [-0.15, -0.1) is 22.7 Å². The normalized spacial score (nSPS) is 12.4. The van der Waals surface area contributed by atoms with Gasteiger partial charge in [0.15, 0.2) is 0 Å². The Labute approximate surface area is 293 Å². The number of furan rings is 2. The van der Waals surface area contributed by atoms with Crippen LogP contribution in [-0.2, 0) is 0 Å². The van der Waals surface area contributed by atoms with Crippen LogP contribution in [0.15, 0.2) is 154 Å². The molecule has 232 valence electrons. The van der Waals surface area contributed by atoms with Crippen LogP contribution < -0.4 is 0 Å². The van der Waals surface area contributed by atoms with Crippen molar-refractivity contribution in [3.63, 3.8) is 0 Å². The summed E-state index contributed by atoms with van der Waals surface area (Å²) in [6, 6.07) is 50.6. The predicted octanol–water partition coefficient (Wildman–Crippen LogP) is 14.7. The third-order valence-electron chi connectivity index (χ3n) is 10.5. The van der Waals surface area contributed by atoms with E-state index in [1.807, 2.05) is 34.8 Å². The topological polar surface area (TPSA) is 26.3 Å². The molecule has 2 nitrogen and oxygen atoms in total. The Morgan fingerprint density at radius 2 is 1.02 bits per heavy atom. The minimum absolute atomic E-state index is 0.868. The summed E-state index contributed by atoms with van der Waals surface area (Å²) in [5, 5.41) is 15.4. The van der Waals surface area contributed by atoms with Gasteiger partial charge in [-0.1, -0.05) is 109 Å². The highest BCUT2D eigenvalue weighted by Crippen LogP contribution is 2.50. The molecular formula is C46H24O2S2. The van der Waals surface area contributed by atoms with E-state index in [1.54, 1.807) is 0 Å². The molecule has 0 aliphatic carbocycles. The highest BCUT2D eigenvalue weighted by atomic mass is 32.1. The molecule has 0 spiro atoms. The molecule has 12 aromatic rings. The number of fused-ring (bicyclic) bond motifs is 13. The van der Waals surface area contributed by atoms with Gasteiger partial charge in [-0.25, -0.2) is 0 Å². The lowest BCUT2D eigenvalue weighted by atomic mass is 9.84. The van der Waals surface area contributed by atoms with Crippen molar-refractivity contribution in [1.82, 2.24) is 0 Å². The Morgan fingerprint density at radius 1 is 0.400 bits per heavy atom. The molecule has 4 aromatic heterocycles. The maximum atomic E-state index is 6.86. The lowest BCUT2D eigenvalue weighted by Crippen LogP contribution is -1.91. The molecule has 0 aliphatic rings. The summed E-state index contributed by atoms with van der Waals surface area (Å²) >= 11 is 3.75. The predicted molar refractivity (Wildman–Crippen MR) is 215 cm³/mol. The second-order valence-electron chi connectivity index (χ2n) is 13.1. The highest BCUT2D eigenvalue weighted by molar-refractivity contribution is 7.30. The average molecular weight is 673 g/mol. The van der Waals surface area contributed by atoms with Crippen molar-refractivity contribution in [3.8, 4) is 22.3 Å². The minimum Gasteiger partial charge on any atom is -0.456 e. The van der Waals surface area contributed by atoms with Crippen molar-refractivity contribution >= 4 is 118 Å². The van der Waals surface area contributed by atoms with Gasteiger partial charge >= 0.3 is 0 Å². The van der Waals surface area contributed by atoms with Gasteiger partial charge in [0.25, 0.3) is 0 Å². The second kappa shape index (κ2) is 9.82. The van der Waals surface area contributed by atoms with E-state index in [9.17, 15) is 0 Å². The second-order valence-corrected chi connectivity index (χ2v) is 15.1. The van der Waals surface area contributed by atoms with Crippen molar-refractivity contribution in [2.24, 2.45) is 0 Å². The fraction of sp³-hybridized carbons (Fsp3) is 0. The van der Waals surface area contributed by atoms with Gasteiger partial charge in [0.1, 0.15) is 22.3 Å². The Bertz CT molecular complexity index is 3330. The standard InChI is InChI=1S/C46H24O2S2/c1-3-12-29-27(10-1)41(32-15-8-18-40-43(32)34-20-19-25-21-22-49-45(25)46(34)50-40)28-11-2-4-13-30(28)42(29)33-16-7-14-31-36-24-38-35(23-39(36)48-44(31)33)26-9-5-6-17-37(26)47-38/h1-24H. The Balaban J connectivity index is 1.19. The maximum absolute atomic E-state index is 6.86. The number of hydrogen-bond acceptors (Lipinski definition) is 4. The molecule has 0 saturated carbocycles. The van der Waals surface area contributed by atoms with Crippen LogP contribution in [0.2, 0.25) is 0 Å². The minimum atomic E-state index is 0.868. The third-order valence-corrected chi connectivity index (χ3v) is 12.8. The van der Waals surface area contributed by atoms with E-state index in [0.717, 1.165) is 49.4 Å². The van der Waals surface area contributed by atoms with Crippen molar-refractivity contribution in [3.05, 3.63) is 145 Å². The molecule has 0 amide bonds. The summed E-state index contributed by atoms with van der Waals surface area (Å²) in [5.74, 6) is 0. The summed E-state index contributed by atoms with van der Waals surface area (Å²) in [5.41, 5.74) is 8.38. The zero-order valence-corrected chi connectivity index (χ0v) is 28.1. The largest absolute Gasteiger partial charge is 0.456 e. The Kier molecular flexibility index (Phi) is 5.29. The van der Waals surface area contributed by atoms with Crippen molar-refractivity contribution in [1.29, 1.82) is 0 Å². The highest BCUT2D eigenvalue weighted by Gasteiger charge is 2.23. The summed E-state index contributed by atoms with van der Waals surface area (Å²) in [6.45, 7) is 0. The van der Waals surface area contributed by atoms with Crippen molar-refractivity contribution < 1.29 is 8.83 Å². The van der Waals surface area contributed by atoms with Gasteiger partial charge in [-0.2, -0.15) is 0 Å². The van der Waals surface area contributed by atoms with Crippen molar-refractivity contribution in [2.45, 2.75) is 0 Å². The van der Waals surface area contributed by atoms with E-state index in [-0.39, 0.29) is 0 Å². The first kappa shape index (κ1) is 26.9. The molecule has 8 aromatic carbocycles. The van der Waals surface area contributed by atoms with Gasteiger partial charge < -0.3 is 8.83 Å². The van der Waals surface area contributed by atoms with E-state index in [2.05, 4.69) is 133 Å². The molecule has 0 saturated heterocycles. The first-order valence-electron chi connectivity index (χ1n) is 16.8. The first-order valence-corrected chi connectivity index (χ1v) is 18.5. The molecule has 50 heavy (non-hydrogen) atoms. The summed E-state index contributed by atoms with van der Waals surface area (Å²) in [6.07, 6.45) is 0. The van der Waals surface area contributed by atoms with Crippen LogP contribution in [-0.4, -0.2) is 0 Å². The van der Waals surface area contributed by atoms with Gasteiger partial charge in [0.2, 0.25) is 0 Å². The number of thiophene rings is 2. The van der Waals surface area contributed by atoms with Crippen LogP contribution >= 0.6 is 22.7 Å². The monoisotopic (exact) mass is 672 g/mol. The van der Waals surface area contributed by atoms with E-state index < -0.39 is 0 Å². The van der Waals surface area contributed by atoms with Crippen LogP contribution in [0.25, 0.3) is 118 Å². The van der Waals surface area contributed by atoms with Crippen molar-refractivity contribution in [2.75, 3.05) is 0 Å². The number of rotatable bonds is 2. The molecule has 0 fully saturated rings. The average Bonchev–Trinajstić information content (AvgIpc) is 3.95. The third kappa shape index (κ3) is 3.51. The van der Waals surface area contributed by atoms with Crippen LogP contribution in [0.1, 0.15) is 0 Å². The molecule has 0 bridgehead atoms. The Morgan fingerprint density at radius 3 is 1.80 bits per heavy atom. The fourth-order valence-electron chi connectivity index (χ4n) is 8.44. The van der Waals surface area contributed by atoms with Crippen LogP contribution in [0, 0.1) is 0 Å². The van der Waals surface area contributed by atoms with E-state index >= 15 is 0 Å². The number of benzene rings is 8. The fourth-order valence-corrected chi connectivity index (χ4v) is 10.7. The molecule has 0 N–H and O–H groups in total. The van der Waals surface area contributed by atoms with Crippen LogP contribution in [0.3, 0.4) is 0 Å². The van der Waals surface area contributed by atoms with Gasteiger partial charge in [0.05, 0.1) is 9.40 Å². The SMILES string of the molecule is c1ccc2c(c1)oc1cc3c(cc12)oc1c(-c2c4ccccc4c(-c4cccc5sc6c(ccc7ccsc76)c45)c4ccccc24)cccc13. The van der Waals surface area contributed by atoms with E-state index in [4.69, 9.17) is 8.83 Å². The van der Waals surface area contributed by atoms with Crippen LogP contribution in [0.4, 0.5) is 0 Å². The first-order chi connectivity index (χ1) is 24.8. The molecule has 0 atom stereocenters. The Hall–Kier alpha value is -5.94. The maximum Gasteiger partial charge on any atom is 0.143 e. The zero-order chi connectivity index (χ0) is 32.5. The van der Waals surface area contributed by atoms with Gasteiger partial charge in [0, 0.05) is 48.1 Å². The number of para-hydroxylation sites is 2. The molecule has 4 heterocycles. The number of hydrogen-bond donors (Lipinski definition) is 0. The smallest absolute Gasteiger partial charge is 0.143 e. The quantitative estimate of drug-likeness (QED) is 0.171. The summed E-state index contributed by atoms with van der Waals surface area (Å²) in [7, 11) is 0. The summed E-state index contributed by atoms with van der Waals surface area (Å²) in [4.78, 5) is 0. The molecule has 0 aliphatic heterocycles. The molecule has 0 radical (unpaired) electrons. The van der Waals surface area contributed by atoms with E-state index in [1.165, 1.54) is 68.5 Å². The molecule has 0 unspecified atom stereocenters. The van der Waals surface area contributed by atoms with E-state index in [0.29, 0.717) is 0 Å². The lowest BCUT2D eigenvalue weighted by Gasteiger charge is -2.18. The summed E-state index contributed by atoms with van der Waals surface area (Å²) < 4.78 is 17.2. The van der Waals surface area contributed by atoms with Gasteiger partial charge in [-0.3, -0.25) is 0 Å². The molecule has 12 rings (SSSR count). The molecule has 4 heteroatoms. The zero-order valence-electron chi connectivity index (χ0n) is 26.5. The van der Waals surface area contributed by atoms with Crippen LogP contribution in [0.5, 0.6) is 0 Å². The molecular weight excluding hydrogens is 649 g/mol.